The third kappa shape index (κ3) is 4.32. The van der Waals surface area contributed by atoms with Crippen LogP contribution in [-0.4, -0.2) is 17.6 Å². The van der Waals surface area contributed by atoms with E-state index in [1.54, 1.807) is 0 Å². The monoisotopic (exact) mass is 361 g/mol. The van der Waals surface area contributed by atoms with Gasteiger partial charge < -0.3 is 16.2 Å². The summed E-state index contributed by atoms with van der Waals surface area (Å²) in [7, 11) is 0. The van der Waals surface area contributed by atoms with Crippen LogP contribution in [0.2, 0.25) is 0 Å². The van der Waals surface area contributed by atoms with Gasteiger partial charge >= 0.3 is 0 Å². The highest BCUT2D eigenvalue weighted by Crippen LogP contribution is 2.26. The molecule has 0 amide bonds. The molecule has 0 spiro atoms. The van der Waals surface area contributed by atoms with Crippen LogP contribution in [0.3, 0.4) is 0 Å². The topological polar surface area (TPSA) is 70.6 Å². The molecular formula is C17H20BrN3O. The van der Waals surface area contributed by atoms with Crippen molar-refractivity contribution in [1.82, 2.24) is 0 Å². The maximum Gasteiger partial charge on any atom is 0.193 e. The van der Waals surface area contributed by atoms with Crippen molar-refractivity contribution in [3.05, 3.63) is 64.6 Å². The highest BCUT2D eigenvalue weighted by Gasteiger charge is 2.26. The molecule has 0 aliphatic heterocycles. The lowest BCUT2D eigenvalue weighted by molar-refractivity contribution is 0.0424. The van der Waals surface area contributed by atoms with Gasteiger partial charge in [0.15, 0.2) is 5.96 Å². The molecule has 0 radical (unpaired) electrons. The fourth-order valence-electron chi connectivity index (χ4n) is 2.09. The summed E-state index contributed by atoms with van der Waals surface area (Å²) in [6.07, 6.45) is 0.552. The highest BCUT2D eigenvalue weighted by atomic mass is 79.9. The van der Waals surface area contributed by atoms with Crippen LogP contribution in [0.25, 0.3) is 0 Å². The first-order chi connectivity index (χ1) is 10.5. The van der Waals surface area contributed by atoms with Gasteiger partial charge in [-0.2, -0.15) is 0 Å². The van der Waals surface area contributed by atoms with Crippen LogP contribution in [0.1, 0.15) is 18.9 Å². The Hall–Kier alpha value is -1.85. The number of nitrogens with one attached hydrogen (secondary N) is 1. The molecule has 0 saturated heterocycles. The summed E-state index contributed by atoms with van der Waals surface area (Å²) in [6.45, 7) is 2.13. The first-order valence-corrected chi connectivity index (χ1v) is 7.93. The van der Waals surface area contributed by atoms with Gasteiger partial charge in [0.25, 0.3) is 0 Å². The van der Waals surface area contributed by atoms with Crippen LogP contribution in [0.5, 0.6) is 0 Å². The Balaban J connectivity index is 2.09. The Kier molecular flexibility index (Phi) is 5.57. The van der Waals surface area contributed by atoms with E-state index in [2.05, 4.69) is 26.2 Å². The fourth-order valence-corrected chi connectivity index (χ4v) is 2.36. The maximum absolute atomic E-state index is 10.8. The van der Waals surface area contributed by atoms with Gasteiger partial charge in [-0.05, 0) is 36.2 Å². The second-order valence-electron chi connectivity index (χ2n) is 5.08. The Morgan fingerprint density at radius 2 is 1.82 bits per heavy atom. The van der Waals surface area contributed by atoms with E-state index in [-0.39, 0.29) is 12.5 Å². The summed E-state index contributed by atoms with van der Waals surface area (Å²) in [6, 6.07) is 17.2. The predicted octanol–water partition coefficient (Wildman–Crippen LogP) is 3.47. The van der Waals surface area contributed by atoms with Gasteiger partial charge in [-0.15, -0.1) is 0 Å². The SMILES string of the molecule is CCC(O)(CN=C(N)Nc1ccccc1)c1ccc(Br)cc1. The average Bonchev–Trinajstić information content (AvgIpc) is 2.54. The predicted molar refractivity (Wildman–Crippen MR) is 94.9 cm³/mol. The zero-order valence-electron chi connectivity index (χ0n) is 12.5. The van der Waals surface area contributed by atoms with E-state index >= 15 is 0 Å². The smallest absolute Gasteiger partial charge is 0.193 e. The molecule has 0 saturated carbocycles. The Labute approximate surface area is 139 Å². The molecule has 4 nitrogen and oxygen atoms in total. The second kappa shape index (κ2) is 7.42. The summed E-state index contributed by atoms with van der Waals surface area (Å²) in [5, 5.41) is 13.8. The summed E-state index contributed by atoms with van der Waals surface area (Å²) in [5.74, 6) is 0.287. The molecule has 5 heteroatoms. The van der Waals surface area contributed by atoms with Crippen molar-refractivity contribution in [2.45, 2.75) is 18.9 Å². The normalized spacial score (nSPS) is 14.4. The number of hydrogen-bond donors (Lipinski definition) is 3. The zero-order valence-corrected chi connectivity index (χ0v) is 14.0. The molecule has 0 bridgehead atoms. The van der Waals surface area contributed by atoms with Gasteiger partial charge in [-0.25, -0.2) is 4.99 Å². The summed E-state index contributed by atoms with van der Waals surface area (Å²) in [5.41, 5.74) is 6.56. The average molecular weight is 362 g/mol. The van der Waals surface area contributed by atoms with E-state index in [9.17, 15) is 5.11 Å². The minimum Gasteiger partial charge on any atom is -0.383 e. The molecule has 0 fully saturated rings. The third-order valence-electron chi connectivity index (χ3n) is 3.52. The minimum absolute atomic E-state index is 0.205. The van der Waals surface area contributed by atoms with E-state index in [1.807, 2.05) is 61.5 Å². The van der Waals surface area contributed by atoms with Gasteiger partial charge in [0.1, 0.15) is 5.60 Å². The molecule has 1 unspecified atom stereocenters. The van der Waals surface area contributed by atoms with Crippen LogP contribution in [-0.2, 0) is 5.60 Å². The first kappa shape index (κ1) is 16.5. The second-order valence-corrected chi connectivity index (χ2v) is 6.00. The molecule has 1 atom stereocenters. The van der Waals surface area contributed by atoms with Crippen LogP contribution in [0.4, 0.5) is 5.69 Å². The number of anilines is 1. The Morgan fingerprint density at radius 3 is 2.41 bits per heavy atom. The van der Waals surface area contributed by atoms with Gasteiger partial charge in [0.2, 0.25) is 0 Å². The van der Waals surface area contributed by atoms with Crippen molar-refractivity contribution in [1.29, 1.82) is 0 Å². The lowest BCUT2D eigenvalue weighted by Gasteiger charge is -2.25. The number of nitrogens with zero attached hydrogens (tertiary/aromatic N) is 1. The third-order valence-corrected chi connectivity index (χ3v) is 4.05. The first-order valence-electron chi connectivity index (χ1n) is 7.14. The molecule has 0 aliphatic rings. The van der Waals surface area contributed by atoms with E-state index in [4.69, 9.17) is 5.73 Å². The Morgan fingerprint density at radius 1 is 1.18 bits per heavy atom. The Bertz CT molecular complexity index is 628. The molecular weight excluding hydrogens is 342 g/mol. The number of rotatable bonds is 5. The van der Waals surface area contributed by atoms with Crippen molar-refractivity contribution >= 4 is 27.6 Å². The lowest BCUT2D eigenvalue weighted by Crippen LogP contribution is -2.31. The number of aliphatic hydroxyl groups is 1. The maximum atomic E-state index is 10.8. The number of benzene rings is 2. The minimum atomic E-state index is -1.02. The molecule has 0 aliphatic carbocycles. The zero-order chi connectivity index (χ0) is 16.0. The van der Waals surface area contributed by atoms with Crippen molar-refractivity contribution in [3.63, 3.8) is 0 Å². The van der Waals surface area contributed by atoms with Crippen LogP contribution in [0, 0.1) is 0 Å². The summed E-state index contributed by atoms with van der Waals surface area (Å²) >= 11 is 3.39. The summed E-state index contributed by atoms with van der Waals surface area (Å²) in [4.78, 5) is 4.28. The van der Waals surface area contributed by atoms with Crippen LogP contribution >= 0.6 is 15.9 Å². The number of hydrogen-bond acceptors (Lipinski definition) is 2. The van der Waals surface area contributed by atoms with Gasteiger partial charge in [0.05, 0.1) is 6.54 Å². The van der Waals surface area contributed by atoms with E-state index in [0.717, 1.165) is 15.7 Å². The van der Waals surface area contributed by atoms with E-state index in [1.165, 1.54) is 0 Å². The van der Waals surface area contributed by atoms with Gasteiger partial charge in [-0.1, -0.05) is 53.2 Å². The van der Waals surface area contributed by atoms with Crippen LogP contribution < -0.4 is 11.1 Å². The van der Waals surface area contributed by atoms with E-state index < -0.39 is 5.60 Å². The van der Waals surface area contributed by atoms with Crippen molar-refractivity contribution < 1.29 is 5.11 Å². The molecule has 4 N–H and O–H groups in total. The number of para-hydroxylation sites is 1. The molecule has 116 valence electrons. The quantitative estimate of drug-likeness (QED) is 0.563. The van der Waals surface area contributed by atoms with Gasteiger partial charge in [0, 0.05) is 10.2 Å². The molecule has 2 aromatic rings. The number of aliphatic imine (C=N–C) groups is 1. The summed E-state index contributed by atoms with van der Waals surface area (Å²) < 4.78 is 0.975. The molecule has 2 rings (SSSR count). The van der Waals surface area contributed by atoms with Crippen molar-refractivity contribution in [3.8, 4) is 0 Å². The molecule has 22 heavy (non-hydrogen) atoms. The van der Waals surface area contributed by atoms with E-state index in [0.29, 0.717) is 6.42 Å². The highest BCUT2D eigenvalue weighted by molar-refractivity contribution is 9.10. The number of nitrogens with two attached hydrogens (primary N) is 1. The fraction of sp³-hybridized carbons (Fsp3) is 0.235. The lowest BCUT2D eigenvalue weighted by atomic mass is 9.91. The number of halogens is 1. The van der Waals surface area contributed by atoms with Crippen LogP contribution in [0.15, 0.2) is 64.1 Å². The standard InChI is InChI=1S/C17H20BrN3O/c1-2-17(22,13-8-10-14(18)11-9-13)12-20-16(19)21-15-6-4-3-5-7-15/h3-11,22H,2,12H2,1H3,(H3,19,20,21). The number of guanidine groups is 1. The van der Waals surface area contributed by atoms with Crippen molar-refractivity contribution in [2.24, 2.45) is 10.7 Å². The molecule has 2 aromatic carbocycles. The molecule has 0 heterocycles. The largest absolute Gasteiger partial charge is 0.383 e. The van der Waals surface area contributed by atoms with Crippen molar-refractivity contribution in [2.75, 3.05) is 11.9 Å². The molecule has 0 aromatic heterocycles. The van der Waals surface area contributed by atoms with Gasteiger partial charge in [-0.3, -0.25) is 0 Å².